The third-order valence-electron chi connectivity index (χ3n) is 1.89. The zero-order valence-corrected chi connectivity index (χ0v) is 10.0. The summed E-state index contributed by atoms with van der Waals surface area (Å²) in [6, 6.07) is 0. The molecule has 15 heavy (non-hydrogen) atoms. The van der Waals surface area contributed by atoms with Gasteiger partial charge in [-0.15, -0.1) is 11.3 Å². The minimum absolute atomic E-state index is 0.0636. The molecule has 0 aliphatic rings. The van der Waals surface area contributed by atoms with E-state index in [0.29, 0.717) is 5.70 Å². The number of hydrogen-bond acceptors (Lipinski definition) is 5. The summed E-state index contributed by atoms with van der Waals surface area (Å²) in [7, 11) is -2.36. The Balaban J connectivity index is 3.30. The molecule has 5 nitrogen and oxygen atoms in total. The second kappa shape index (κ2) is 3.74. The molecule has 0 radical (unpaired) electrons. The quantitative estimate of drug-likeness (QED) is 0.841. The Morgan fingerprint density at radius 2 is 2.20 bits per heavy atom. The Hall–Kier alpha value is -1.21. The van der Waals surface area contributed by atoms with Gasteiger partial charge in [0.25, 0.3) is 10.0 Å². The molecule has 1 rings (SSSR count). The van der Waals surface area contributed by atoms with Gasteiger partial charge >= 0.3 is 0 Å². The lowest BCUT2D eigenvalue weighted by Crippen LogP contribution is -2.24. The number of rotatable bonds is 3. The molecule has 0 unspecified atom stereocenters. The van der Waals surface area contributed by atoms with Crippen molar-refractivity contribution in [3.05, 3.63) is 17.7 Å². The second-order valence-corrected chi connectivity index (χ2v) is 6.08. The fourth-order valence-corrected chi connectivity index (χ4v) is 3.42. The first-order chi connectivity index (χ1) is 6.78. The van der Waals surface area contributed by atoms with E-state index in [1.807, 2.05) is 0 Å². The molecule has 1 heterocycles. The summed E-state index contributed by atoms with van der Waals surface area (Å²) in [5.41, 5.74) is 5.79. The number of anilines is 1. The Labute approximate surface area is 92.5 Å². The van der Waals surface area contributed by atoms with Crippen LogP contribution in [0.3, 0.4) is 0 Å². The number of hydrogen-bond donors (Lipinski definition) is 2. The standard InChI is InChI=1S/C8H12N2O3S2/c1-5(2)10(3)15(12,13)8-7(11)6(9)4-14-8/h4,11H,1,9H2,2-3H3. The summed E-state index contributed by atoms with van der Waals surface area (Å²) >= 11 is 0.883. The van der Waals surface area contributed by atoms with Crippen LogP contribution in [0.25, 0.3) is 0 Å². The van der Waals surface area contributed by atoms with E-state index in [4.69, 9.17) is 5.73 Å². The molecular weight excluding hydrogens is 236 g/mol. The molecule has 0 aliphatic heterocycles. The topological polar surface area (TPSA) is 83.6 Å². The van der Waals surface area contributed by atoms with Gasteiger partial charge in [-0.3, -0.25) is 4.31 Å². The van der Waals surface area contributed by atoms with E-state index < -0.39 is 15.8 Å². The zero-order valence-electron chi connectivity index (χ0n) is 8.39. The highest BCUT2D eigenvalue weighted by atomic mass is 32.2. The van der Waals surface area contributed by atoms with Gasteiger partial charge in [-0.25, -0.2) is 8.42 Å². The Kier molecular flexibility index (Phi) is 2.96. The van der Waals surface area contributed by atoms with Gasteiger partial charge in [0.2, 0.25) is 0 Å². The van der Waals surface area contributed by atoms with Crippen molar-refractivity contribution in [1.82, 2.24) is 4.31 Å². The van der Waals surface area contributed by atoms with Gasteiger partial charge in [0.1, 0.15) is 0 Å². The molecule has 0 aromatic carbocycles. The molecule has 0 atom stereocenters. The van der Waals surface area contributed by atoms with Gasteiger partial charge < -0.3 is 10.8 Å². The van der Waals surface area contributed by atoms with Gasteiger partial charge in [-0.2, -0.15) is 0 Å². The maximum atomic E-state index is 11.9. The summed E-state index contributed by atoms with van der Waals surface area (Å²) in [6.07, 6.45) is 0. The fraction of sp³-hybridized carbons (Fsp3) is 0.250. The molecule has 0 fully saturated rings. The van der Waals surface area contributed by atoms with Crippen molar-refractivity contribution >= 4 is 27.0 Å². The summed E-state index contributed by atoms with van der Waals surface area (Å²) in [5.74, 6) is -0.395. The third-order valence-corrected chi connectivity index (χ3v) is 5.29. The average molecular weight is 248 g/mol. The van der Waals surface area contributed by atoms with Gasteiger partial charge in [-0.05, 0) is 6.92 Å². The van der Waals surface area contributed by atoms with Crippen molar-refractivity contribution in [3.63, 3.8) is 0 Å². The normalized spacial score (nSPS) is 11.3. The number of nitrogens with zero attached hydrogens (tertiary/aromatic N) is 1. The van der Waals surface area contributed by atoms with Crippen LogP contribution in [0.2, 0.25) is 0 Å². The Morgan fingerprint density at radius 3 is 2.53 bits per heavy atom. The van der Waals surface area contributed by atoms with E-state index in [1.54, 1.807) is 6.92 Å². The monoisotopic (exact) mass is 248 g/mol. The van der Waals surface area contributed by atoms with Crippen LogP contribution in [0.15, 0.2) is 21.9 Å². The largest absolute Gasteiger partial charge is 0.504 e. The molecule has 84 valence electrons. The van der Waals surface area contributed by atoms with E-state index in [1.165, 1.54) is 12.4 Å². The summed E-state index contributed by atoms with van der Waals surface area (Å²) in [4.78, 5) is 0. The van der Waals surface area contributed by atoms with Gasteiger partial charge in [0.05, 0.1) is 5.69 Å². The van der Waals surface area contributed by atoms with Crippen molar-refractivity contribution in [1.29, 1.82) is 0 Å². The number of sulfonamides is 1. The van der Waals surface area contributed by atoms with Gasteiger partial charge in [0, 0.05) is 18.1 Å². The minimum atomic E-state index is -3.73. The number of aromatic hydroxyl groups is 1. The maximum absolute atomic E-state index is 11.9. The van der Waals surface area contributed by atoms with E-state index in [-0.39, 0.29) is 9.90 Å². The summed E-state index contributed by atoms with van der Waals surface area (Å²) in [5, 5.41) is 10.8. The molecule has 0 saturated carbocycles. The second-order valence-electron chi connectivity index (χ2n) is 3.03. The van der Waals surface area contributed by atoms with Gasteiger partial charge in [-0.1, -0.05) is 6.58 Å². The first-order valence-electron chi connectivity index (χ1n) is 3.99. The summed E-state index contributed by atoms with van der Waals surface area (Å²) < 4.78 is 24.6. The van der Waals surface area contributed by atoms with Crippen molar-refractivity contribution in [2.24, 2.45) is 0 Å². The molecule has 3 N–H and O–H groups in total. The first-order valence-corrected chi connectivity index (χ1v) is 6.30. The summed E-state index contributed by atoms with van der Waals surface area (Å²) in [6.45, 7) is 5.08. The molecule has 7 heteroatoms. The van der Waals surface area contributed by atoms with Crippen LogP contribution >= 0.6 is 11.3 Å². The average Bonchev–Trinajstić information content (AvgIpc) is 2.46. The molecule has 0 amide bonds. The van der Waals surface area contributed by atoms with Crippen LogP contribution in [0.1, 0.15) is 6.92 Å². The Morgan fingerprint density at radius 1 is 1.67 bits per heavy atom. The number of nitrogen functional groups attached to an aromatic ring is 1. The smallest absolute Gasteiger partial charge is 0.277 e. The molecule has 0 spiro atoms. The van der Waals surface area contributed by atoms with Crippen LogP contribution in [0.5, 0.6) is 5.75 Å². The molecule has 0 aliphatic carbocycles. The predicted octanol–water partition coefficient (Wildman–Crippen LogP) is 1.19. The number of nitrogens with two attached hydrogens (primary N) is 1. The van der Waals surface area contributed by atoms with Crippen LogP contribution in [-0.4, -0.2) is 24.9 Å². The number of thiophene rings is 1. The molecule has 1 aromatic heterocycles. The van der Waals surface area contributed by atoms with E-state index in [2.05, 4.69) is 6.58 Å². The van der Waals surface area contributed by atoms with Crippen LogP contribution < -0.4 is 5.73 Å². The van der Waals surface area contributed by atoms with Crippen molar-refractivity contribution in [3.8, 4) is 5.75 Å². The van der Waals surface area contributed by atoms with Crippen molar-refractivity contribution in [2.75, 3.05) is 12.8 Å². The van der Waals surface area contributed by atoms with Crippen LogP contribution in [-0.2, 0) is 10.0 Å². The molecule has 0 bridgehead atoms. The predicted molar refractivity (Wildman–Crippen MR) is 60.2 cm³/mol. The van der Waals surface area contributed by atoms with Gasteiger partial charge in [0.15, 0.2) is 9.96 Å². The van der Waals surface area contributed by atoms with E-state index >= 15 is 0 Å². The zero-order chi connectivity index (χ0) is 11.8. The lowest BCUT2D eigenvalue weighted by Gasteiger charge is -2.17. The highest BCUT2D eigenvalue weighted by Gasteiger charge is 2.26. The molecule has 0 saturated heterocycles. The number of allylic oxidation sites excluding steroid dienone is 1. The molecule has 1 aromatic rings. The van der Waals surface area contributed by atoms with Crippen LogP contribution in [0.4, 0.5) is 5.69 Å². The minimum Gasteiger partial charge on any atom is -0.504 e. The lowest BCUT2D eigenvalue weighted by atomic mass is 10.5. The fourth-order valence-electron chi connectivity index (χ4n) is 0.859. The highest BCUT2D eigenvalue weighted by molar-refractivity contribution is 7.91. The third kappa shape index (κ3) is 1.93. The maximum Gasteiger partial charge on any atom is 0.277 e. The molecular formula is C8H12N2O3S2. The van der Waals surface area contributed by atoms with Crippen molar-refractivity contribution < 1.29 is 13.5 Å². The highest BCUT2D eigenvalue weighted by Crippen LogP contribution is 2.37. The van der Waals surface area contributed by atoms with Crippen molar-refractivity contribution in [2.45, 2.75) is 11.1 Å². The van der Waals surface area contributed by atoms with E-state index in [9.17, 15) is 13.5 Å². The lowest BCUT2D eigenvalue weighted by molar-refractivity contribution is 0.461. The van der Waals surface area contributed by atoms with E-state index in [0.717, 1.165) is 15.6 Å². The Bertz CT molecular complexity index is 490. The van der Waals surface area contributed by atoms with Crippen LogP contribution in [0, 0.1) is 0 Å². The SMILES string of the molecule is C=C(C)N(C)S(=O)(=O)c1scc(N)c1O. The first kappa shape index (κ1) is 11.9.